The number of phenolic OH excluding ortho intramolecular Hbond substituents is 2. The minimum Gasteiger partial charge on any atom is -0.507 e. The number of ketones is 1. The molecule has 0 bridgehead atoms. The molecule has 0 radical (unpaired) electrons. The molecule has 0 fully saturated rings. The topological polar surface area (TPSA) is 104 Å². The first-order chi connectivity index (χ1) is 12.9. The van der Waals surface area contributed by atoms with Gasteiger partial charge in [0.25, 0.3) is 0 Å². The molecule has 1 aliphatic rings. The van der Waals surface area contributed by atoms with Crippen LogP contribution in [0.15, 0.2) is 24.3 Å². The smallest absolute Gasteiger partial charge is 0.203 e. The number of rotatable bonds is 5. The van der Waals surface area contributed by atoms with Gasteiger partial charge in [-0.3, -0.25) is 4.79 Å². The van der Waals surface area contributed by atoms with E-state index >= 15 is 0 Å². The number of hydrogen-bond acceptors (Lipinski definition) is 8. The number of fused-ring (bicyclic) bond motifs is 1. The Morgan fingerprint density at radius 1 is 0.889 bits per heavy atom. The monoisotopic (exact) mass is 376 g/mol. The molecule has 2 aromatic rings. The maximum absolute atomic E-state index is 13.0. The van der Waals surface area contributed by atoms with Crippen molar-refractivity contribution in [3.05, 3.63) is 35.4 Å². The fourth-order valence-electron chi connectivity index (χ4n) is 3.08. The molecule has 0 saturated carbocycles. The lowest BCUT2D eigenvalue weighted by molar-refractivity contribution is -0.00188. The maximum Gasteiger partial charge on any atom is 0.203 e. The van der Waals surface area contributed by atoms with Gasteiger partial charge in [-0.2, -0.15) is 0 Å². The average Bonchev–Trinajstić information content (AvgIpc) is 2.68. The zero-order chi connectivity index (χ0) is 19.7. The Morgan fingerprint density at radius 2 is 1.59 bits per heavy atom. The molecular formula is C19H20O8. The first kappa shape index (κ1) is 18.7. The molecule has 2 atom stereocenters. The number of hydrogen-bond donors (Lipinski definition) is 2. The van der Waals surface area contributed by atoms with Crippen LogP contribution in [0.2, 0.25) is 0 Å². The summed E-state index contributed by atoms with van der Waals surface area (Å²) in [6.07, 6.45) is -2.05. The quantitative estimate of drug-likeness (QED) is 0.767. The average molecular weight is 376 g/mol. The zero-order valence-electron chi connectivity index (χ0n) is 15.3. The highest BCUT2D eigenvalue weighted by Crippen LogP contribution is 2.46. The van der Waals surface area contributed by atoms with Crippen LogP contribution < -0.4 is 18.9 Å². The second-order valence-electron chi connectivity index (χ2n) is 5.84. The maximum atomic E-state index is 13.0. The van der Waals surface area contributed by atoms with Gasteiger partial charge in [0.2, 0.25) is 5.78 Å². The molecular weight excluding hydrogens is 356 g/mol. The Morgan fingerprint density at radius 3 is 2.19 bits per heavy atom. The fourth-order valence-corrected chi connectivity index (χ4v) is 3.08. The van der Waals surface area contributed by atoms with Gasteiger partial charge < -0.3 is 33.9 Å². The molecule has 0 amide bonds. The van der Waals surface area contributed by atoms with Crippen molar-refractivity contribution >= 4 is 5.78 Å². The van der Waals surface area contributed by atoms with E-state index in [2.05, 4.69) is 0 Å². The Hall–Kier alpha value is -3.13. The molecule has 0 spiro atoms. The Kier molecular flexibility index (Phi) is 5.00. The van der Waals surface area contributed by atoms with Crippen LogP contribution in [0.5, 0.6) is 34.5 Å². The van der Waals surface area contributed by atoms with Crippen LogP contribution in [-0.4, -0.2) is 50.5 Å². The zero-order valence-corrected chi connectivity index (χ0v) is 15.3. The Labute approximate surface area is 155 Å². The molecule has 1 aliphatic heterocycles. The summed E-state index contributed by atoms with van der Waals surface area (Å²) in [5.74, 6) is 0.262. The first-order valence-corrected chi connectivity index (χ1v) is 8.04. The molecule has 2 aromatic carbocycles. The summed E-state index contributed by atoms with van der Waals surface area (Å²) in [7, 11) is 5.64. The van der Waals surface area contributed by atoms with E-state index in [0.29, 0.717) is 5.75 Å². The Bertz CT molecular complexity index is 876. The summed E-state index contributed by atoms with van der Waals surface area (Å²) in [4.78, 5) is 13.0. The van der Waals surface area contributed by atoms with Crippen molar-refractivity contribution in [2.24, 2.45) is 0 Å². The number of benzene rings is 2. The predicted octanol–water partition coefficient (Wildman–Crippen LogP) is 2.46. The second-order valence-corrected chi connectivity index (χ2v) is 5.84. The third kappa shape index (κ3) is 3.08. The number of ether oxygens (including phenoxy) is 5. The van der Waals surface area contributed by atoms with E-state index in [0.717, 1.165) is 0 Å². The van der Waals surface area contributed by atoms with E-state index in [9.17, 15) is 15.0 Å². The van der Waals surface area contributed by atoms with E-state index in [1.54, 1.807) is 12.1 Å². The van der Waals surface area contributed by atoms with Gasteiger partial charge in [-0.25, -0.2) is 0 Å². The minimum absolute atomic E-state index is 0.0936. The van der Waals surface area contributed by atoms with E-state index in [-0.39, 0.29) is 45.7 Å². The van der Waals surface area contributed by atoms with Crippen LogP contribution in [0.4, 0.5) is 0 Å². The van der Waals surface area contributed by atoms with E-state index in [1.807, 2.05) is 0 Å². The van der Waals surface area contributed by atoms with Crippen molar-refractivity contribution in [1.82, 2.24) is 0 Å². The lowest BCUT2D eigenvalue weighted by atomic mass is 9.92. The number of carbonyl (C=O) groups is 1. The summed E-state index contributed by atoms with van der Waals surface area (Å²) in [5, 5.41) is 20.4. The normalized spacial score (nSPS) is 18.4. The van der Waals surface area contributed by atoms with E-state index < -0.39 is 12.2 Å². The molecule has 0 aliphatic carbocycles. The van der Waals surface area contributed by atoms with Crippen molar-refractivity contribution < 1.29 is 38.7 Å². The van der Waals surface area contributed by atoms with Crippen molar-refractivity contribution in [3.8, 4) is 34.5 Å². The molecule has 0 saturated heterocycles. The molecule has 3 rings (SSSR count). The van der Waals surface area contributed by atoms with Gasteiger partial charge in [0.1, 0.15) is 28.6 Å². The van der Waals surface area contributed by atoms with Crippen LogP contribution in [0.25, 0.3) is 0 Å². The number of phenols is 2. The van der Waals surface area contributed by atoms with Crippen LogP contribution in [0.1, 0.15) is 22.0 Å². The summed E-state index contributed by atoms with van der Waals surface area (Å²) in [5.41, 5.74) is 0.402. The first-order valence-electron chi connectivity index (χ1n) is 8.04. The molecule has 2 unspecified atom stereocenters. The number of methoxy groups -OCH3 is 4. The summed E-state index contributed by atoms with van der Waals surface area (Å²) < 4.78 is 26.8. The fraction of sp³-hybridized carbons (Fsp3) is 0.316. The summed E-state index contributed by atoms with van der Waals surface area (Å²) in [6, 6.07) is 5.65. The molecule has 27 heavy (non-hydrogen) atoms. The van der Waals surface area contributed by atoms with Gasteiger partial charge in [-0.05, 0) is 6.07 Å². The van der Waals surface area contributed by atoms with Gasteiger partial charge in [-0.1, -0.05) is 0 Å². The number of Topliss-reactive ketones (excluding diaryl/α,β-unsaturated/α-hetero) is 1. The second kappa shape index (κ2) is 7.24. The highest BCUT2D eigenvalue weighted by molar-refractivity contribution is 6.06. The van der Waals surface area contributed by atoms with Crippen molar-refractivity contribution in [2.75, 3.05) is 28.4 Å². The molecule has 8 heteroatoms. The van der Waals surface area contributed by atoms with Crippen LogP contribution >= 0.6 is 0 Å². The molecule has 2 N–H and O–H groups in total. The highest BCUT2D eigenvalue weighted by Gasteiger charge is 2.42. The van der Waals surface area contributed by atoms with Gasteiger partial charge >= 0.3 is 0 Å². The standard InChI is InChI=1S/C19H20O8/c1-23-9-5-14(25-3)16-15(6-9)27-18(19(26-4)17(16)22)10-7-12(21)13(24-2)8-11(10)20/h5-8,18-21H,1-4H3. The van der Waals surface area contributed by atoms with Crippen LogP contribution in [0, 0.1) is 0 Å². The third-order valence-electron chi connectivity index (χ3n) is 4.42. The van der Waals surface area contributed by atoms with Gasteiger partial charge in [0, 0.05) is 30.9 Å². The van der Waals surface area contributed by atoms with Crippen LogP contribution in [-0.2, 0) is 4.74 Å². The lowest BCUT2D eigenvalue weighted by Gasteiger charge is -2.33. The van der Waals surface area contributed by atoms with Gasteiger partial charge in [0.05, 0.1) is 21.3 Å². The van der Waals surface area contributed by atoms with Gasteiger partial charge in [-0.15, -0.1) is 0 Å². The van der Waals surface area contributed by atoms with Gasteiger partial charge in [0.15, 0.2) is 23.7 Å². The number of aromatic hydroxyl groups is 2. The molecule has 8 nitrogen and oxygen atoms in total. The number of carbonyl (C=O) groups excluding carboxylic acids is 1. The molecule has 144 valence electrons. The highest BCUT2D eigenvalue weighted by atomic mass is 16.5. The molecule has 1 heterocycles. The predicted molar refractivity (Wildman–Crippen MR) is 94.4 cm³/mol. The summed E-state index contributed by atoms with van der Waals surface area (Å²) >= 11 is 0. The van der Waals surface area contributed by atoms with Crippen LogP contribution in [0.3, 0.4) is 0 Å². The lowest BCUT2D eigenvalue weighted by Crippen LogP contribution is -2.38. The SMILES string of the molecule is COc1cc(OC)c2c(c1)OC(c1cc(O)c(OC)cc1O)C(OC)C2=O. The largest absolute Gasteiger partial charge is 0.507 e. The Balaban J connectivity index is 2.15. The van der Waals surface area contributed by atoms with Crippen molar-refractivity contribution in [3.63, 3.8) is 0 Å². The van der Waals surface area contributed by atoms with Crippen molar-refractivity contribution in [2.45, 2.75) is 12.2 Å². The third-order valence-corrected chi connectivity index (χ3v) is 4.42. The van der Waals surface area contributed by atoms with E-state index in [1.165, 1.54) is 40.6 Å². The molecule has 0 aromatic heterocycles. The summed E-state index contributed by atoms with van der Waals surface area (Å²) in [6.45, 7) is 0. The minimum atomic E-state index is -1.06. The van der Waals surface area contributed by atoms with E-state index in [4.69, 9.17) is 23.7 Å². The van der Waals surface area contributed by atoms with Crippen molar-refractivity contribution in [1.29, 1.82) is 0 Å².